The third-order valence-corrected chi connectivity index (χ3v) is 7.76. The highest BCUT2D eigenvalue weighted by molar-refractivity contribution is 6.05. The van der Waals surface area contributed by atoms with Gasteiger partial charge in [-0.05, 0) is 44.4 Å². The number of ether oxygens (including phenoxy) is 1. The molecule has 1 aromatic heterocycles. The molecule has 0 bridgehead atoms. The summed E-state index contributed by atoms with van der Waals surface area (Å²) in [5.41, 5.74) is 1.52. The van der Waals surface area contributed by atoms with Crippen molar-refractivity contribution < 1.29 is 36.7 Å². The van der Waals surface area contributed by atoms with Gasteiger partial charge < -0.3 is 9.64 Å². The second-order valence-electron chi connectivity index (χ2n) is 10.2. The number of fused-ring (bicyclic) bond motifs is 1. The molecule has 3 aliphatic rings. The van der Waals surface area contributed by atoms with Crippen LogP contribution in [0.3, 0.4) is 0 Å². The lowest BCUT2D eigenvalue weighted by Gasteiger charge is -2.32. The summed E-state index contributed by atoms with van der Waals surface area (Å²) in [6.45, 7) is 1.48. The summed E-state index contributed by atoms with van der Waals surface area (Å²) in [7, 11) is 0. The molecule has 2 heterocycles. The number of nitrogens with zero attached hydrogens (tertiary/aromatic N) is 4. The molecule has 2 amide bonds. The first-order valence-corrected chi connectivity index (χ1v) is 12.7. The number of amides is 2. The van der Waals surface area contributed by atoms with Crippen LogP contribution in [0, 0.1) is 12.7 Å². The fraction of sp³-hybridized carbons (Fsp3) is 0.393. The molecule has 210 valence electrons. The van der Waals surface area contributed by atoms with Crippen LogP contribution in [-0.4, -0.2) is 68.5 Å². The van der Waals surface area contributed by atoms with Crippen LogP contribution in [-0.2, 0) is 20.9 Å². The lowest BCUT2D eigenvalue weighted by molar-refractivity contribution is -0.187. The zero-order chi connectivity index (χ0) is 28.8. The van der Waals surface area contributed by atoms with Crippen LogP contribution >= 0.6 is 0 Å². The van der Waals surface area contributed by atoms with Crippen molar-refractivity contribution in [3.05, 3.63) is 82.7 Å². The van der Waals surface area contributed by atoms with Crippen molar-refractivity contribution in [3.63, 3.8) is 0 Å². The first-order valence-electron chi connectivity index (χ1n) is 12.7. The van der Waals surface area contributed by atoms with Gasteiger partial charge in [-0.3, -0.25) is 14.5 Å². The van der Waals surface area contributed by atoms with Crippen molar-refractivity contribution in [3.8, 4) is 0 Å². The maximum absolute atomic E-state index is 13.6. The molecule has 0 radical (unpaired) electrons. The van der Waals surface area contributed by atoms with Crippen LogP contribution in [0.15, 0.2) is 60.1 Å². The number of alkyl halides is 3. The Labute approximate surface area is 227 Å². The van der Waals surface area contributed by atoms with E-state index in [1.807, 2.05) is 0 Å². The lowest BCUT2D eigenvalue weighted by Crippen LogP contribution is -2.50. The number of aromatic nitrogens is 2. The first kappa shape index (κ1) is 27.5. The first-order chi connectivity index (χ1) is 18.9. The molecule has 40 heavy (non-hydrogen) atoms. The smallest absolute Gasteiger partial charge is 0.411 e. The monoisotopic (exact) mass is 558 g/mol. The maximum Gasteiger partial charge on any atom is 0.411 e. The Kier molecular flexibility index (Phi) is 6.97. The summed E-state index contributed by atoms with van der Waals surface area (Å²) in [5.74, 6) is -2.23. The number of benzene rings is 1. The van der Waals surface area contributed by atoms with Gasteiger partial charge in [0.05, 0.1) is 12.5 Å². The van der Waals surface area contributed by atoms with Gasteiger partial charge in [0.25, 0.3) is 0 Å². The number of rotatable bonds is 6. The van der Waals surface area contributed by atoms with Gasteiger partial charge in [0.1, 0.15) is 24.7 Å². The predicted molar refractivity (Wildman–Crippen MR) is 133 cm³/mol. The lowest BCUT2D eigenvalue weighted by atomic mass is 9.82. The summed E-state index contributed by atoms with van der Waals surface area (Å²) in [6.07, 6.45) is 1.52. The molecule has 1 aliphatic heterocycles. The van der Waals surface area contributed by atoms with E-state index in [0.717, 1.165) is 24.0 Å². The fourth-order valence-corrected chi connectivity index (χ4v) is 5.48. The maximum atomic E-state index is 13.6. The Balaban J connectivity index is 1.34. The quantitative estimate of drug-likeness (QED) is 0.488. The number of ketones is 1. The van der Waals surface area contributed by atoms with Crippen LogP contribution in [0.1, 0.15) is 42.5 Å². The van der Waals surface area contributed by atoms with E-state index < -0.39 is 54.6 Å². The van der Waals surface area contributed by atoms with Crippen molar-refractivity contribution >= 4 is 17.8 Å². The summed E-state index contributed by atoms with van der Waals surface area (Å²) < 4.78 is 60.0. The summed E-state index contributed by atoms with van der Waals surface area (Å²) in [4.78, 5) is 49.3. The standard InChI is InChI=1S/C28H26F4N4O4/c1-16-22(11-33-15-34-16)20-7-8-23-21(25(20)38)9-10-27(23)14-35(26(39)40-27)13-24(37)36(17(2)28(30,31)32)12-18-3-5-19(29)6-4-18/h3-8,11,15,17,20H,9-10,12-14H2,1-2H3/t17-,20?,27-/m0/s1. The predicted octanol–water partition coefficient (Wildman–Crippen LogP) is 4.41. The van der Waals surface area contributed by atoms with E-state index in [0.29, 0.717) is 45.7 Å². The molecule has 2 aromatic rings. The average molecular weight is 559 g/mol. The number of halogens is 4. The van der Waals surface area contributed by atoms with E-state index in [9.17, 15) is 31.9 Å². The SMILES string of the molecule is Cc1ncncc1C1C=CC2=C(CC[C@]23CN(CC(=O)N(Cc2ccc(F)cc2)[C@@H](C)C(F)(F)F)C(=O)O3)C1=O. The summed E-state index contributed by atoms with van der Waals surface area (Å²) >= 11 is 0. The van der Waals surface area contributed by atoms with E-state index in [4.69, 9.17) is 4.74 Å². The molecule has 1 fully saturated rings. The van der Waals surface area contributed by atoms with Crippen LogP contribution in [0.2, 0.25) is 0 Å². The van der Waals surface area contributed by atoms with Crippen LogP contribution < -0.4 is 0 Å². The minimum Gasteiger partial charge on any atom is -0.436 e. The molecular weight excluding hydrogens is 532 g/mol. The summed E-state index contributed by atoms with van der Waals surface area (Å²) in [5, 5.41) is 0. The molecule has 1 spiro atoms. The van der Waals surface area contributed by atoms with E-state index >= 15 is 0 Å². The van der Waals surface area contributed by atoms with Gasteiger partial charge in [-0.15, -0.1) is 0 Å². The normalized spacial score (nSPS) is 23.1. The second kappa shape index (κ2) is 10.1. The fourth-order valence-electron chi connectivity index (χ4n) is 5.48. The highest BCUT2D eigenvalue weighted by Crippen LogP contribution is 2.47. The van der Waals surface area contributed by atoms with Gasteiger partial charge in [-0.2, -0.15) is 13.2 Å². The van der Waals surface area contributed by atoms with Crippen molar-refractivity contribution in [2.75, 3.05) is 13.1 Å². The van der Waals surface area contributed by atoms with E-state index in [1.165, 1.54) is 18.5 Å². The van der Waals surface area contributed by atoms with Gasteiger partial charge in [-0.25, -0.2) is 19.2 Å². The third-order valence-electron chi connectivity index (χ3n) is 7.76. The molecule has 5 rings (SSSR count). The molecule has 1 unspecified atom stereocenters. The van der Waals surface area contributed by atoms with Gasteiger partial charge in [0.15, 0.2) is 11.4 Å². The highest BCUT2D eigenvalue weighted by atomic mass is 19.4. The van der Waals surface area contributed by atoms with Gasteiger partial charge in [-0.1, -0.05) is 24.3 Å². The van der Waals surface area contributed by atoms with Crippen molar-refractivity contribution in [2.45, 2.75) is 57.0 Å². The van der Waals surface area contributed by atoms with Gasteiger partial charge in [0.2, 0.25) is 5.91 Å². The minimum absolute atomic E-state index is 0.0864. The zero-order valence-corrected chi connectivity index (χ0v) is 21.7. The largest absolute Gasteiger partial charge is 0.436 e. The Morgan fingerprint density at radius 2 is 1.98 bits per heavy atom. The number of carbonyl (C=O) groups is 3. The average Bonchev–Trinajstić information content (AvgIpc) is 3.42. The molecule has 1 aromatic carbocycles. The minimum atomic E-state index is -4.72. The van der Waals surface area contributed by atoms with Crippen molar-refractivity contribution in [2.24, 2.45) is 0 Å². The van der Waals surface area contributed by atoms with Crippen molar-refractivity contribution in [1.29, 1.82) is 0 Å². The zero-order valence-electron chi connectivity index (χ0n) is 21.7. The van der Waals surface area contributed by atoms with Gasteiger partial charge in [0, 0.05) is 35.1 Å². The Morgan fingerprint density at radius 3 is 2.65 bits per heavy atom. The summed E-state index contributed by atoms with van der Waals surface area (Å²) in [6, 6.07) is 2.64. The third kappa shape index (κ3) is 4.98. The number of aryl methyl sites for hydroxylation is 1. The molecule has 1 saturated heterocycles. The molecule has 8 nitrogen and oxygen atoms in total. The Morgan fingerprint density at radius 1 is 1.25 bits per heavy atom. The number of carbonyl (C=O) groups excluding carboxylic acids is 3. The molecule has 2 aliphatic carbocycles. The molecular formula is C28H26F4N4O4. The molecule has 12 heteroatoms. The second-order valence-corrected chi connectivity index (χ2v) is 10.2. The van der Waals surface area contributed by atoms with E-state index in [2.05, 4.69) is 9.97 Å². The number of hydrogen-bond acceptors (Lipinski definition) is 6. The highest BCUT2D eigenvalue weighted by Gasteiger charge is 2.54. The van der Waals surface area contributed by atoms with E-state index in [1.54, 1.807) is 25.3 Å². The van der Waals surface area contributed by atoms with E-state index in [-0.39, 0.29) is 12.3 Å². The van der Waals surface area contributed by atoms with Crippen LogP contribution in [0.5, 0.6) is 0 Å². The van der Waals surface area contributed by atoms with Crippen LogP contribution in [0.4, 0.5) is 22.4 Å². The number of Topliss-reactive ketones (excluding diaryl/α,β-unsaturated/α-hetero) is 1. The molecule has 3 atom stereocenters. The Bertz CT molecular complexity index is 1420. The van der Waals surface area contributed by atoms with Crippen LogP contribution in [0.25, 0.3) is 0 Å². The van der Waals surface area contributed by atoms with Crippen molar-refractivity contribution in [1.82, 2.24) is 19.8 Å². The Hall–Kier alpha value is -4.09. The topological polar surface area (TPSA) is 92.7 Å². The number of hydrogen-bond donors (Lipinski definition) is 0. The molecule has 0 saturated carbocycles. The van der Waals surface area contributed by atoms with Gasteiger partial charge >= 0.3 is 12.3 Å². The molecule has 0 N–H and O–H groups in total. The number of allylic oxidation sites excluding steroid dienone is 2.